The molecule has 1 aromatic rings. The molecule has 0 amide bonds. The Morgan fingerprint density at radius 2 is 2.33 bits per heavy atom. The average Bonchev–Trinajstić information content (AvgIpc) is 2.72. The van der Waals surface area contributed by atoms with Crippen LogP contribution in [-0.4, -0.2) is 42.3 Å². The molecule has 0 aliphatic carbocycles. The smallest absolute Gasteiger partial charge is 0.223 e. The molecule has 0 aliphatic rings. The van der Waals surface area contributed by atoms with Crippen molar-refractivity contribution in [1.82, 2.24) is 9.55 Å². The van der Waals surface area contributed by atoms with Gasteiger partial charge in [0.1, 0.15) is 6.61 Å². The van der Waals surface area contributed by atoms with Gasteiger partial charge in [-0.2, -0.15) is 0 Å². The number of ketones is 1. The number of rotatable bonds is 7. The fraction of sp³-hybridized carbons (Fsp3) is 0.600. The number of carbonyl (C=O) groups excluding carboxylic acids is 1. The van der Waals surface area contributed by atoms with Gasteiger partial charge in [0.15, 0.2) is 5.82 Å². The molecule has 1 rings (SSSR count). The Labute approximate surface area is 89.0 Å². The molecule has 0 spiro atoms. The quantitative estimate of drug-likeness (QED) is 0.494. The van der Waals surface area contributed by atoms with Crippen molar-refractivity contribution < 1.29 is 14.3 Å². The van der Waals surface area contributed by atoms with Gasteiger partial charge in [-0.1, -0.05) is 0 Å². The zero-order valence-corrected chi connectivity index (χ0v) is 9.10. The van der Waals surface area contributed by atoms with Gasteiger partial charge < -0.3 is 14.0 Å². The molecular formula is C10H16N2O3. The van der Waals surface area contributed by atoms with E-state index in [9.17, 15) is 4.79 Å². The summed E-state index contributed by atoms with van der Waals surface area (Å²) in [4.78, 5) is 15.6. The fourth-order valence-corrected chi connectivity index (χ4v) is 1.19. The Balaban J connectivity index is 2.40. The fourth-order valence-electron chi connectivity index (χ4n) is 1.19. The number of aromatic nitrogens is 2. The van der Waals surface area contributed by atoms with E-state index in [1.807, 2.05) is 6.92 Å². The highest BCUT2D eigenvalue weighted by Crippen LogP contribution is 1.99. The summed E-state index contributed by atoms with van der Waals surface area (Å²) in [5, 5.41) is 0. The minimum absolute atomic E-state index is 0.0559. The maximum atomic E-state index is 11.6. The SMILES string of the molecule is CCn1ccnc1C(=O)COCCOC. The number of Topliss-reactive ketones (excluding diaryl/α,β-unsaturated/α-hetero) is 1. The highest BCUT2D eigenvalue weighted by atomic mass is 16.5. The second kappa shape index (κ2) is 6.31. The van der Waals surface area contributed by atoms with Crippen molar-refractivity contribution >= 4 is 5.78 Å². The summed E-state index contributed by atoms with van der Waals surface area (Å²) in [5.74, 6) is 0.355. The lowest BCUT2D eigenvalue weighted by Crippen LogP contribution is -2.16. The van der Waals surface area contributed by atoms with Gasteiger partial charge in [0, 0.05) is 26.0 Å². The van der Waals surface area contributed by atoms with Crippen molar-refractivity contribution in [2.75, 3.05) is 26.9 Å². The van der Waals surface area contributed by atoms with E-state index in [0.29, 0.717) is 19.0 Å². The number of nitrogens with zero attached hydrogens (tertiary/aromatic N) is 2. The lowest BCUT2D eigenvalue weighted by Gasteiger charge is -2.04. The normalized spacial score (nSPS) is 10.5. The van der Waals surface area contributed by atoms with Crippen LogP contribution in [0.4, 0.5) is 0 Å². The van der Waals surface area contributed by atoms with Crippen LogP contribution < -0.4 is 0 Å². The Morgan fingerprint density at radius 1 is 1.53 bits per heavy atom. The first-order valence-electron chi connectivity index (χ1n) is 4.90. The van der Waals surface area contributed by atoms with Gasteiger partial charge in [-0.05, 0) is 6.92 Å². The van der Waals surface area contributed by atoms with Crippen LogP contribution >= 0.6 is 0 Å². The zero-order chi connectivity index (χ0) is 11.1. The molecule has 84 valence electrons. The van der Waals surface area contributed by atoms with Crippen LogP contribution in [0.2, 0.25) is 0 Å². The Kier molecular flexibility index (Phi) is 5.00. The zero-order valence-electron chi connectivity index (χ0n) is 9.10. The third-order valence-electron chi connectivity index (χ3n) is 1.97. The van der Waals surface area contributed by atoms with E-state index in [1.54, 1.807) is 24.1 Å². The molecule has 1 heterocycles. The van der Waals surface area contributed by atoms with Gasteiger partial charge >= 0.3 is 0 Å². The predicted octanol–water partition coefficient (Wildman–Crippen LogP) is 0.749. The van der Waals surface area contributed by atoms with Crippen LogP contribution in [0.5, 0.6) is 0 Å². The minimum atomic E-state index is -0.0991. The molecule has 0 N–H and O–H groups in total. The molecule has 0 fully saturated rings. The van der Waals surface area contributed by atoms with Gasteiger partial charge in [0.2, 0.25) is 5.78 Å². The number of aryl methyl sites for hydroxylation is 1. The Hall–Kier alpha value is -1.20. The first-order chi connectivity index (χ1) is 7.29. The summed E-state index contributed by atoms with van der Waals surface area (Å²) in [7, 11) is 1.59. The van der Waals surface area contributed by atoms with Crippen molar-refractivity contribution in [3.05, 3.63) is 18.2 Å². The molecule has 0 aliphatic heterocycles. The molecule has 15 heavy (non-hydrogen) atoms. The molecule has 0 aromatic carbocycles. The van der Waals surface area contributed by atoms with Crippen molar-refractivity contribution in [1.29, 1.82) is 0 Å². The van der Waals surface area contributed by atoms with Gasteiger partial charge in [-0.3, -0.25) is 4.79 Å². The molecular weight excluding hydrogens is 196 g/mol. The van der Waals surface area contributed by atoms with E-state index >= 15 is 0 Å². The Bertz CT molecular complexity index is 309. The number of hydrogen-bond donors (Lipinski definition) is 0. The van der Waals surface area contributed by atoms with E-state index in [1.165, 1.54) is 0 Å². The number of ether oxygens (including phenoxy) is 2. The van der Waals surface area contributed by atoms with E-state index in [0.717, 1.165) is 6.54 Å². The van der Waals surface area contributed by atoms with E-state index < -0.39 is 0 Å². The molecule has 0 unspecified atom stereocenters. The molecule has 0 saturated carbocycles. The number of carbonyl (C=O) groups is 1. The van der Waals surface area contributed by atoms with Crippen LogP contribution in [0.15, 0.2) is 12.4 Å². The molecule has 1 aromatic heterocycles. The molecule has 0 bridgehead atoms. The molecule has 0 saturated heterocycles. The van der Waals surface area contributed by atoms with Crippen LogP contribution in [0.25, 0.3) is 0 Å². The van der Waals surface area contributed by atoms with Gasteiger partial charge in [-0.15, -0.1) is 0 Å². The lowest BCUT2D eigenvalue weighted by atomic mass is 10.4. The van der Waals surface area contributed by atoms with Crippen molar-refractivity contribution in [2.45, 2.75) is 13.5 Å². The van der Waals surface area contributed by atoms with E-state index in [-0.39, 0.29) is 12.4 Å². The highest BCUT2D eigenvalue weighted by Gasteiger charge is 2.11. The summed E-state index contributed by atoms with van der Waals surface area (Å²) in [6.45, 7) is 3.67. The summed E-state index contributed by atoms with van der Waals surface area (Å²) < 4.78 is 11.7. The van der Waals surface area contributed by atoms with Crippen LogP contribution in [0.1, 0.15) is 17.5 Å². The third-order valence-corrected chi connectivity index (χ3v) is 1.97. The second-order valence-corrected chi connectivity index (χ2v) is 3.01. The van der Waals surface area contributed by atoms with E-state index in [4.69, 9.17) is 9.47 Å². The first kappa shape index (κ1) is 11.9. The van der Waals surface area contributed by atoms with Crippen molar-refractivity contribution in [3.8, 4) is 0 Å². The Morgan fingerprint density at radius 3 is 3.00 bits per heavy atom. The maximum Gasteiger partial charge on any atom is 0.223 e. The third kappa shape index (κ3) is 3.45. The summed E-state index contributed by atoms with van der Waals surface area (Å²) >= 11 is 0. The lowest BCUT2D eigenvalue weighted by molar-refractivity contribution is 0.0567. The van der Waals surface area contributed by atoms with Crippen LogP contribution in [0.3, 0.4) is 0 Å². The second-order valence-electron chi connectivity index (χ2n) is 3.01. The van der Waals surface area contributed by atoms with Gasteiger partial charge in [0.05, 0.1) is 13.2 Å². The molecule has 0 radical (unpaired) electrons. The minimum Gasteiger partial charge on any atom is -0.382 e. The number of hydrogen-bond acceptors (Lipinski definition) is 4. The van der Waals surface area contributed by atoms with Crippen LogP contribution in [0, 0.1) is 0 Å². The summed E-state index contributed by atoms with van der Waals surface area (Å²) in [6, 6.07) is 0. The molecule has 5 nitrogen and oxygen atoms in total. The standard InChI is InChI=1S/C10H16N2O3/c1-3-12-5-4-11-10(12)9(13)8-15-7-6-14-2/h4-5H,3,6-8H2,1-2H3. The molecule has 0 atom stereocenters. The van der Waals surface area contributed by atoms with Crippen molar-refractivity contribution in [3.63, 3.8) is 0 Å². The van der Waals surface area contributed by atoms with E-state index in [2.05, 4.69) is 4.98 Å². The largest absolute Gasteiger partial charge is 0.382 e. The van der Waals surface area contributed by atoms with Gasteiger partial charge in [0.25, 0.3) is 0 Å². The molecule has 5 heteroatoms. The van der Waals surface area contributed by atoms with Crippen molar-refractivity contribution in [2.24, 2.45) is 0 Å². The summed E-state index contributed by atoms with van der Waals surface area (Å²) in [5.41, 5.74) is 0. The topological polar surface area (TPSA) is 53.4 Å². The average molecular weight is 212 g/mol. The van der Waals surface area contributed by atoms with Gasteiger partial charge in [-0.25, -0.2) is 4.98 Å². The highest BCUT2D eigenvalue weighted by molar-refractivity contribution is 5.93. The van der Waals surface area contributed by atoms with Crippen LogP contribution in [-0.2, 0) is 16.0 Å². The summed E-state index contributed by atoms with van der Waals surface area (Å²) in [6.07, 6.45) is 3.40. The first-order valence-corrected chi connectivity index (χ1v) is 4.90. The number of imidazole rings is 1. The monoisotopic (exact) mass is 212 g/mol. The maximum absolute atomic E-state index is 11.6. The predicted molar refractivity (Wildman–Crippen MR) is 54.9 cm³/mol. The number of methoxy groups -OCH3 is 1.